The van der Waals surface area contributed by atoms with Gasteiger partial charge in [-0.2, -0.15) is 0 Å². The van der Waals surface area contributed by atoms with Crippen molar-refractivity contribution >= 4 is 16.0 Å². The second-order valence-corrected chi connectivity index (χ2v) is 7.58. The molecule has 0 amide bonds. The Kier molecular flexibility index (Phi) is 4.27. The lowest BCUT2D eigenvalue weighted by atomic mass is 10.0. The quantitative estimate of drug-likeness (QED) is 0.760. The van der Waals surface area contributed by atoms with Crippen LogP contribution in [0.25, 0.3) is 0 Å². The van der Waals surface area contributed by atoms with Crippen LogP contribution in [0.4, 0.5) is 0 Å². The van der Waals surface area contributed by atoms with Gasteiger partial charge in [0.05, 0.1) is 5.75 Å². The molecule has 0 aromatic rings. The van der Waals surface area contributed by atoms with E-state index in [1.165, 1.54) is 12.8 Å². The van der Waals surface area contributed by atoms with Crippen LogP contribution in [-0.4, -0.2) is 42.6 Å². The molecule has 18 heavy (non-hydrogen) atoms. The highest BCUT2D eigenvalue weighted by Crippen LogP contribution is 2.33. The van der Waals surface area contributed by atoms with Gasteiger partial charge in [-0.15, -0.1) is 0 Å². The molecule has 2 fully saturated rings. The van der Waals surface area contributed by atoms with Crippen molar-refractivity contribution in [1.82, 2.24) is 4.31 Å². The summed E-state index contributed by atoms with van der Waals surface area (Å²) < 4.78 is 25.7. The third-order valence-corrected chi connectivity index (χ3v) is 5.76. The van der Waals surface area contributed by atoms with Gasteiger partial charge in [0, 0.05) is 19.5 Å². The summed E-state index contributed by atoms with van der Waals surface area (Å²) >= 11 is 0. The van der Waals surface area contributed by atoms with Crippen molar-refractivity contribution < 1.29 is 18.3 Å². The van der Waals surface area contributed by atoms with Crippen molar-refractivity contribution in [1.29, 1.82) is 0 Å². The fraction of sp³-hybridized carbons (Fsp3) is 0.917. The third kappa shape index (κ3) is 3.95. The molecule has 104 valence electrons. The molecule has 1 N–H and O–H groups in total. The van der Waals surface area contributed by atoms with Crippen molar-refractivity contribution in [3.63, 3.8) is 0 Å². The molecular formula is C12H21NO4S. The molecule has 2 rings (SSSR count). The van der Waals surface area contributed by atoms with E-state index in [9.17, 15) is 13.2 Å². The zero-order chi connectivity index (χ0) is 13.2. The average molecular weight is 275 g/mol. The normalized spacial score (nSPS) is 25.4. The SMILES string of the molecule is O=C(O)CCC1CCN(S(=O)(=O)CCC2CC2)C1. The number of hydrogen-bond acceptors (Lipinski definition) is 3. The molecule has 0 aromatic heterocycles. The van der Waals surface area contributed by atoms with Crippen LogP contribution in [0.15, 0.2) is 0 Å². The van der Waals surface area contributed by atoms with Gasteiger partial charge in [-0.25, -0.2) is 12.7 Å². The molecule has 1 unspecified atom stereocenters. The van der Waals surface area contributed by atoms with Crippen molar-refractivity contribution in [3.05, 3.63) is 0 Å². The van der Waals surface area contributed by atoms with Gasteiger partial charge in [-0.05, 0) is 31.1 Å². The van der Waals surface area contributed by atoms with Crippen LogP contribution in [-0.2, 0) is 14.8 Å². The van der Waals surface area contributed by atoms with Gasteiger partial charge in [-0.1, -0.05) is 12.8 Å². The standard InChI is InChI=1S/C12H21NO4S/c14-12(15)4-3-11-5-7-13(9-11)18(16,17)8-6-10-1-2-10/h10-11H,1-9H2,(H,14,15). The van der Waals surface area contributed by atoms with E-state index in [4.69, 9.17) is 5.11 Å². The first-order chi connectivity index (χ1) is 8.47. The predicted molar refractivity (Wildman–Crippen MR) is 67.7 cm³/mol. The van der Waals surface area contributed by atoms with E-state index in [1.54, 1.807) is 4.31 Å². The summed E-state index contributed by atoms with van der Waals surface area (Å²) in [5.74, 6) is 0.315. The number of carboxylic acids is 1. The zero-order valence-corrected chi connectivity index (χ0v) is 11.4. The molecule has 2 aliphatic rings. The van der Waals surface area contributed by atoms with Gasteiger partial charge >= 0.3 is 5.97 Å². The fourth-order valence-electron chi connectivity index (χ4n) is 2.46. The van der Waals surface area contributed by atoms with E-state index in [0.29, 0.717) is 25.4 Å². The van der Waals surface area contributed by atoms with Crippen LogP contribution in [0.5, 0.6) is 0 Å². The summed E-state index contributed by atoms with van der Waals surface area (Å²) in [4.78, 5) is 10.5. The Labute approximate surface area is 108 Å². The number of hydrogen-bond donors (Lipinski definition) is 1. The van der Waals surface area contributed by atoms with E-state index in [-0.39, 0.29) is 18.1 Å². The van der Waals surface area contributed by atoms with E-state index in [0.717, 1.165) is 12.8 Å². The number of carboxylic acid groups (broad SMARTS) is 1. The number of nitrogens with zero attached hydrogens (tertiary/aromatic N) is 1. The summed E-state index contributed by atoms with van der Waals surface area (Å²) in [7, 11) is -3.10. The maximum atomic E-state index is 12.1. The van der Waals surface area contributed by atoms with Crippen LogP contribution < -0.4 is 0 Å². The summed E-state index contributed by atoms with van der Waals surface area (Å²) in [6.07, 6.45) is 4.67. The number of aliphatic carboxylic acids is 1. The van der Waals surface area contributed by atoms with Gasteiger partial charge in [-0.3, -0.25) is 4.79 Å². The number of carbonyl (C=O) groups is 1. The Morgan fingerprint density at radius 1 is 1.17 bits per heavy atom. The molecule has 6 heteroatoms. The lowest BCUT2D eigenvalue weighted by molar-refractivity contribution is -0.137. The Hall–Kier alpha value is -0.620. The van der Waals surface area contributed by atoms with E-state index >= 15 is 0 Å². The molecule has 1 heterocycles. The van der Waals surface area contributed by atoms with Crippen LogP contribution >= 0.6 is 0 Å². The van der Waals surface area contributed by atoms with Gasteiger partial charge in [0.1, 0.15) is 0 Å². The molecule has 1 aliphatic carbocycles. The minimum Gasteiger partial charge on any atom is -0.481 e. The van der Waals surface area contributed by atoms with E-state index in [1.807, 2.05) is 0 Å². The highest BCUT2D eigenvalue weighted by Gasteiger charge is 2.32. The molecule has 1 atom stereocenters. The Balaban J connectivity index is 1.77. The van der Waals surface area contributed by atoms with Crippen molar-refractivity contribution in [2.75, 3.05) is 18.8 Å². The first-order valence-electron chi connectivity index (χ1n) is 6.67. The Morgan fingerprint density at radius 3 is 2.50 bits per heavy atom. The monoisotopic (exact) mass is 275 g/mol. The molecule has 1 aliphatic heterocycles. The largest absolute Gasteiger partial charge is 0.481 e. The summed E-state index contributed by atoms with van der Waals surface area (Å²) in [5.41, 5.74) is 0. The van der Waals surface area contributed by atoms with Gasteiger partial charge < -0.3 is 5.11 Å². The van der Waals surface area contributed by atoms with Gasteiger partial charge in [0.15, 0.2) is 0 Å². The summed E-state index contributed by atoms with van der Waals surface area (Å²) in [6, 6.07) is 0. The predicted octanol–water partition coefficient (Wildman–Crippen LogP) is 1.30. The highest BCUT2D eigenvalue weighted by atomic mass is 32.2. The van der Waals surface area contributed by atoms with Crippen LogP contribution in [0, 0.1) is 11.8 Å². The minimum absolute atomic E-state index is 0.140. The van der Waals surface area contributed by atoms with E-state index < -0.39 is 16.0 Å². The zero-order valence-electron chi connectivity index (χ0n) is 10.5. The van der Waals surface area contributed by atoms with Crippen molar-refractivity contribution in [2.45, 2.75) is 38.5 Å². The molecule has 5 nitrogen and oxygen atoms in total. The van der Waals surface area contributed by atoms with Gasteiger partial charge in [0.25, 0.3) is 0 Å². The van der Waals surface area contributed by atoms with Crippen LogP contribution in [0.1, 0.15) is 38.5 Å². The second kappa shape index (κ2) is 5.57. The lowest BCUT2D eigenvalue weighted by Crippen LogP contribution is -2.31. The highest BCUT2D eigenvalue weighted by molar-refractivity contribution is 7.89. The maximum Gasteiger partial charge on any atom is 0.303 e. The first-order valence-corrected chi connectivity index (χ1v) is 8.28. The summed E-state index contributed by atoms with van der Waals surface area (Å²) in [6.45, 7) is 1.08. The minimum atomic E-state index is -3.10. The fourth-order valence-corrected chi connectivity index (χ4v) is 4.18. The molecule has 1 saturated carbocycles. The number of sulfonamides is 1. The first kappa shape index (κ1) is 13.8. The third-order valence-electron chi connectivity index (χ3n) is 3.89. The molecule has 0 radical (unpaired) electrons. The van der Waals surface area contributed by atoms with E-state index in [2.05, 4.69) is 0 Å². The van der Waals surface area contributed by atoms with Crippen molar-refractivity contribution in [2.24, 2.45) is 11.8 Å². The molecule has 0 bridgehead atoms. The second-order valence-electron chi connectivity index (χ2n) is 5.49. The summed E-state index contributed by atoms with van der Waals surface area (Å²) in [5, 5.41) is 8.62. The van der Waals surface area contributed by atoms with Crippen LogP contribution in [0.3, 0.4) is 0 Å². The smallest absolute Gasteiger partial charge is 0.303 e. The molecule has 1 saturated heterocycles. The molecule has 0 spiro atoms. The Morgan fingerprint density at radius 2 is 1.89 bits per heavy atom. The number of rotatable bonds is 7. The average Bonchev–Trinajstić information content (AvgIpc) is 3.00. The topological polar surface area (TPSA) is 74.7 Å². The molecular weight excluding hydrogens is 254 g/mol. The van der Waals surface area contributed by atoms with Gasteiger partial charge in [0.2, 0.25) is 10.0 Å². The van der Waals surface area contributed by atoms with Crippen LogP contribution in [0.2, 0.25) is 0 Å². The Bertz CT molecular complexity index is 402. The van der Waals surface area contributed by atoms with Crippen molar-refractivity contribution in [3.8, 4) is 0 Å². The lowest BCUT2D eigenvalue weighted by Gasteiger charge is -2.16. The maximum absolute atomic E-state index is 12.1. The molecule has 0 aromatic carbocycles.